The van der Waals surface area contributed by atoms with E-state index in [4.69, 9.17) is 0 Å². The highest BCUT2D eigenvalue weighted by molar-refractivity contribution is 7.99. The summed E-state index contributed by atoms with van der Waals surface area (Å²) in [6, 6.07) is 12.6. The number of thioether (sulfide) groups is 1. The van der Waals surface area contributed by atoms with Gasteiger partial charge in [0.2, 0.25) is 5.43 Å². The lowest BCUT2D eigenvalue weighted by Gasteiger charge is -2.13. The third-order valence-corrected chi connectivity index (χ3v) is 5.29. The molecule has 0 spiro atoms. The molecule has 32 heavy (non-hydrogen) atoms. The first-order valence-corrected chi connectivity index (χ1v) is 10.00. The van der Waals surface area contributed by atoms with Crippen LogP contribution in [0.3, 0.4) is 0 Å². The maximum Gasteiger partial charge on any atom is 0.398 e. The molecule has 12 heteroatoms. The van der Waals surface area contributed by atoms with E-state index in [0.29, 0.717) is 11.8 Å². The lowest BCUT2D eigenvalue weighted by atomic mass is 10.2. The summed E-state index contributed by atoms with van der Waals surface area (Å²) in [7, 11) is 0. The number of amides is 1. The number of para-hydroxylation sites is 3. The third kappa shape index (κ3) is 5.32. The van der Waals surface area contributed by atoms with E-state index in [2.05, 4.69) is 10.4 Å². The molecule has 8 nitrogen and oxygen atoms in total. The van der Waals surface area contributed by atoms with E-state index in [1.807, 2.05) is 0 Å². The standard InChI is InChI=1S/C20H15F3N4O4S/c1-12-10-16(28)18(25-26(12)14-7-3-4-8-15(14)27(30)31)19(29)24-13-6-2-5-9-17(13)32-11-20(21,22)23/h2-10H,11H2,1H3,(H,24,29). The molecule has 0 aliphatic carbocycles. The number of hydrogen-bond donors (Lipinski definition) is 1. The zero-order valence-electron chi connectivity index (χ0n) is 16.4. The van der Waals surface area contributed by atoms with Crippen LogP contribution in [0.4, 0.5) is 24.5 Å². The number of hydrogen-bond acceptors (Lipinski definition) is 6. The SMILES string of the molecule is Cc1cc(=O)c(C(=O)Nc2ccccc2SCC(F)(F)F)nn1-c1ccccc1[N+](=O)[O-]. The molecule has 166 valence electrons. The fourth-order valence-electron chi connectivity index (χ4n) is 2.78. The lowest BCUT2D eigenvalue weighted by molar-refractivity contribution is -0.384. The van der Waals surface area contributed by atoms with Crippen LogP contribution in [0.25, 0.3) is 5.69 Å². The molecule has 0 saturated heterocycles. The van der Waals surface area contributed by atoms with Gasteiger partial charge in [-0.3, -0.25) is 19.7 Å². The molecule has 0 fully saturated rings. The fraction of sp³-hybridized carbons (Fsp3) is 0.150. The van der Waals surface area contributed by atoms with Gasteiger partial charge in [-0.05, 0) is 25.1 Å². The Kier molecular flexibility index (Phi) is 6.63. The molecule has 3 rings (SSSR count). The molecule has 1 heterocycles. The van der Waals surface area contributed by atoms with Crippen molar-refractivity contribution >= 4 is 29.0 Å². The van der Waals surface area contributed by atoms with E-state index in [9.17, 15) is 32.9 Å². The first kappa shape index (κ1) is 23.0. The van der Waals surface area contributed by atoms with Gasteiger partial charge >= 0.3 is 6.18 Å². The van der Waals surface area contributed by atoms with Gasteiger partial charge in [0.1, 0.15) is 5.69 Å². The zero-order valence-corrected chi connectivity index (χ0v) is 17.2. The van der Waals surface area contributed by atoms with Crippen LogP contribution in [0.1, 0.15) is 16.2 Å². The number of halogens is 3. The van der Waals surface area contributed by atoms with Crippen LogP contribution < -0.4 is 10.7 Å². The van der Waals surface area contributed by atoms with Gasteiger partial charge in [-0.15, -0.1) is 11.8 Å². The highest BCUT2D eigenvalue weighted by atomic mass is 32.2. The minimum Gasteiger partial charge on any atom is -0.319 e. The predicted octanol–water partition coefficient (Wildman–Crippen LogP) is 4.36. The molecule has 1 aromatic heterocycles. The average molecular weight is 464 g/mol. The fourth-order valence-corrected chi connectivity index (χ4v) is 3.55. The summed E-state index contributed by atoms with van der Waals surface area (Å²) in [5.74, 6) is -2.12. The number of nitrogens with zero attached hydrogens (tertiary/aromatic N) is 3. The lowest BCUT2D eigenvalue weighted by Crippen LogP contribution is -2.27. The topological polar surface area (TPSA) is 107 Å². The minimum atomic E-state index is -4.40. The molecule has 0 aliphatic heterocycles. The second-order valence-electron chi connectivity index (χ2n) is 6.51. The Morgan fingerprint density at radius 1 is 1.19 bits per heavy atom. The van der Waals surface area contributed by atoms with Gasteiger partial charge in [0.25, 0.3) is 11.6 Å². The largest absolute Gasteiger partial charge is 0.398 e. The van der Waals surface area contributed by atoms with E-state index < -0.39 is 33.9 Å². The van der Waals surface area contributed by atoms with Gasteiger partial charge in [0, 0.05) is 22.7 Å². The van der Waals surface area contributed by atoms with Gasteiger partial charge < -0.3 is 5.32 Å². The van der Waals surface area contributed by atoms with E-state index >= 15 is 0 Å². The highest BCUT2D eigenvalue weighted by Gasteiger charge is 2.28. The second kappa shape index (κ2) is 9.22. The van der Waals surface area contributed by atoms with Crippen molar-refractivity contribution < 1.29 is 22.9 Å². The van der Waals surface area contributed by atoms with Crippen molar-refractivity contribution in [2.75, 3.05) is 11.1 Å². The van der Waals surface area contributed by atoms with Crippen molar-refractivity contribution in [2.45, 2.75) is 18.0 Å². The highest BCUT2D eigenvalue weighted by Crippen LogP contribution is 2.32. The summed E-state index contributed by atoms with van der Waals surface area (Å²) >= 11 is 0.485. The van der Waals surface area contributed by atoms with Crippen molar-refractivity contribution in [3.63, 3.8) is 0 Å². The van der Waals surface area contributed by atoms with Crippen molar-refractivity contribution in [1.29, 1.82) is 0 Å². The van der Waals surface area contributed by atoms with Crippen LogP contribution in [0, 0.1) is 17.0 Å². The molecular formula is C20H15F3N4O4S. The number of nitrogens with one attached hydrogen (secondary N) is 1. The smallest absolute Gasteiger partial charge is 0.319 e. The summed E-state index contributed by atoms with van der Waals surface area (Å²) in [5, 5.41) is 17.7. The number of nitro groups is 1. The van der Waals surface area contributed by atoms with Crippen LogP contribution in [0.5, 0.6) is 0 Å². The average Bonchev–Trinajstić information content (AvgIpc) is 2.72. The Balaban J connectivity index is 1.97. The summed E-state index contributed by atoms with van der Waals surface area (Å²) in [6.07, 6.45) is -4.40. The molecule has 0 aliphatic rings. The molecule has 0 unspecified atom stereocenters. The van der Waals surface area contributed by atoms with Gasteiger partial charge in [-0.2, -0.15) is 18.3 Å². The van der Waals surface area contributed by atoms with Crippen LogP contribution in [-0.4, -0.2) is 32.5 Å². The van der Waals surface area contributed by atoms with Crippen LogP contribution in [-0.2, 0) is 0 Å². The number of alkyl halides is 3. The summed E-state index contributed by atoms with van der Waals surface area (Å²) in [5.41, 5.74) is -1.22. The maximum absolute atomic E-state index is 12.7. The molecule has 0 bridgehead atoms. The van der Waals surface area contributed by atoms with Crippen molar-refractivity contribution in [2.24, 2.45) is 0 Å². The zero-order chi connectivity index (χ0) is 23.5. The van der Waals surface area contributed by atoms with E-state index in [-0.39, 0.29) is 27.7 Å². The Morgan fingerprint density at radius 2 is 1.84 bits per heavy atom. The van der Waals surface area contributed by atoms with Crippen molar-refractivity contribution in [3.8, 4) is 5.69 Å². The second-order valence-corrected chi connectivity index (χ2v) is 7.53. The normalized spacial score (nSPS) is 11.2. The third-order valence-electron chi connectivity index (χ3n) is 4.16. The van der Waals surface area contributed by atoms with Crippen molar-refractivity contribution in [1.82, 2.24) is 9.78 Å². The Hall–Kier alpha value is -3.67. The number of aromatic nitrogens is 2. The Morgan fingerprint density at radius 3 is 2.53 bits per heavy atom. The molecule has 1 amide bonds. The van der Waals surface area contributed by atoms with Gasteiger partial charge in [-0.25, -0.2) is 4.68 Å². The monoisotopic (exact) mass is 464 g/mol. The molecule has 0 radical (unpaired) electrons. The van der Waals surface area contributed by atoms with Crippen molar-refractivity contribution in [3.05, 3.63) is 86.3 Å². The van der Waals surface area contributed by atoms with E-state index in [1.54, 1.807) is 0 Å². The van der Waals surface area contributed by atoms with E-state index in [0.717, 1.165) is 10.7 Å². The number of rotatable bonds is 6. The first-order chi connectivity index (χ1) is 15.1. The quantitative estimate of drug-likeness (QED) is 0.330. The van der Waals surface area contributed by atoms with E-state index in [1.165, 1.54) is 55.5 Å². The number of carbonyl (C=O) groups excluding carboxylic acids is 1. The first-order valence-electron chi connectivity index (χ1n) is 9.01. The van der Waals surface area contributed by atoms with Gasteiger partial charge in [0.05, 0.1) is 16.4 Å². The number of benzene rings is 2. The molecule has 3 aromatic rings. The molecule has 2 aromatic carbocycles. The maximum atomic E-state index is 12.7. The van der Waals surface area contributed by atoms with Crippen LogP contribution in [0.15, 0.2) is 64.3 Å². The number of nitro benzene ring substituents is 1. The molecule has 0 saturated carbocycles. The molecular weight excluding hydrogens is 449 g/mol. The van der Waals surface area contributed by atoms with Gasteiger partial charge in [0.15, 0.2) is 5.69 Å². The van der Waals surface area contributed by atoms with Crippen LogP contribution >= 0.6 is 11.8 Å². The van der Waals surface area contributed by atoms with Gasteiger partial charge in [-0.1, -0.05) is 24.3 Å². The summed E-state index contributed by atoms with van der Waals surface area (Å²) < 4.78 is 38.8. The number of aryl methyl sites for hydroxylation is 1. The minimum absolute atomic E-state index is 0.0465. The number of anilines is 1. The predicted molar refractivity (Wildman–Crippen MR) is 112 cm³/mol. The number of carbonyl (C=O) groups is 1. The summed E-state index contributed by atoms with van der Waals surface area (Å²) in [6.45, 7) is 1.50. The Bertz CT molecular complexity index is 1240. The Labute approximate surface area is 183 Å². The summed E-state index contributed by atoms with van der Waals surface area (Å²) in [4.78, 5) is 36.0. The van der Waals surface area contributed by atoms with Crippen LogP contribution in [0.2, 0.25) is 0 Å². The molecule has 0 atom stereocenters. The molecule has 1 N–H and O–H groups in total.